The lowest BCUT2D eigenvalue weighted by Crippen LogP contribution is -2.25. The van der Waals surface area contributed by atoms with Gasteiger partial charge in [-0.1, -0.05) is 48.0 Å². The zero-order valence-electron chi connectivity index (χ0n) is 20.9. The second kappa shape index (κ2) is 12.0. The van der Waals surface area contributed by atoms with E-state index in [2.05, 4.69) is 43.3 Å². The second-order valence-electron chi connectivity index (χ2n) is 10.5. The molecule has 2 saturated carbocycles. The number of hydrogen-bond donors (Lipinski definition) is 0. The Bertz CT molecular complexity index is 933. The van der Waals surface area contributed by atoms with Crippen LogP contribution in [-0.4, -0.2) is 6.61 Å². The van der Waals surface area contributed by atoms with Crippen molar-refractivity contribution in [2.75, 3.05) is 6.61 Å². The van der Waals surface area contributed by atoms with E-state index < -0.39 is 11.6 Å². The third kappa shape index (κ3) is 6.29. The Morgan fingerprint density at radius 3 is 2.12 bits per heavy atom. The highest BCUT2D eigenvalue weighted by atomic mass is 19.2. The minimum Gasteiger partial charge on any atom is -0.491 e. The van der Waals surface area contributed by atoms with Crippen LogP contribution in [0, 0.1) is 36.3 Å². The molecule has 0 aromatic heterocycles. The van der Waals surface area contributed by atoms with Gasteiger partial charge in [0.2, 0.25) is 5.82 Å². The van der Waals surface area contributed by atoms with Crippen LogP contribution in [0.5, 0.6) is 5.75 Å². The van der Waals surface area contributed by atoms with Gasteiger partial charge >= 0.3 is 0 Å². The molecule has 2 fully saturated rings. The van der Waals surface area contributed by atoms with Gasteiger partial charge in [-0.05, 0) is 119 Å². The average molecular weight is 467 g/mol. The van der Waals surface area contributed by atoms with Gasteiger partial charge in [-0.15, -0.1) is 0 Å². The maximum Gasteiger partial charge on any atom is 0.200 e. The first-order chi connectivity index (χ1) is 16.5. The lowest BCUT2D eigenvalue weighted by atomic mass is 9.68. The van der Waals surface area contributed by atoms with Gasteiger partial charge in [0.25, 0.3) is 0 Å². The lowest BCUT2D eigenvalue weighted by Gasteiger charge is -2.37. The van der Waals surface area contributed by atoms with Gasteiger partial charge in [0.05, 0.1) is 6.61 Å². The topological polar surface area (TPSA) is 9.23 Å². The van der Waals surface area contributed by atoms with Crippen molar-refractivity contribution in [3.05, 3.63) is 76.9 Å². The van der Waals surface area contributed by atoms with Crippen molar-refractivity contribution in [1.82, 2.24) is 0 Å². The van der Waals surface area contributed by atoms with Gasteiger partial charge < -0.3 is 4.74 Å². The lowest BCUT2D eigenvalue weighted by molar-refractivity contribution is 0.170. The third-order valence-corrected chi connectivity index (χ3v) is 8.20. The van der Waals surface area contributed by atoms with Crippen molar-refractivity contribution >= 4 is 0 Å². The number of rotatable bonds is 8. The summed E-state index contributed by atoms with van der Waals surface area (Å²) in [4.78, 5) is 0. The molecule has 4 rings (SSSR count). The molecule has 34 heavy (non-hydrogen) atoms. The molecule has 0 radical (unpaired) electrons. The molecule has 0 amide bonds. The summed E-state index contributed by atoms with van der Waals surface area (Å²) >= 11 is 0. The quantitative estimate of drug-likeness (QED) is 0.353. The normalized spacial score (nSPS) is 25.5. The Kier molecular flexibility index (Phi) is 8.80. The van der Waals surface area contributed by atoms with Crippen LogP contribution >= 0.6 is 0 Å². The molecule has 0 spiro atoms. The highest BCUT2D eigenvalue weighted by Crippen LogP contribution is 2.45. The predicted molar refractivity (Wildman–Crippen MR) is 136 cm³/mol. The largest absolute Gasteiger partial charge is 0.491 e. The summed E-state index contributed by atoms with van der Waals surface area (Å²) in [6.07, 6.45) is 16.5. The van der Waals surface area contributed by atoms with Gasteiger partial charge in [0.1, 0.15) is 0 Å². The first kappa shape index (κ1) is 24.9. The van der Waals surface area contributed by atoms with E-state index in [4.69, 9.17) is 4.74 Å². The van der Waals surface area contributed by atoms with Crippen LogP contribution in [-0.2, 0) is 6.42 Å². The average Bonchev–Trinajstić information content (AvgIpc) is 2.87. The number of benzene rings is 2. The number of hydrogen-bond acceptors (Lipinski definition) is 1. The van der Waals surface area contributed by atoms with E-state index in [-0.39, 0.29) is 11.7 Å². The van der Waals surface area contributed by atoms with Crippen LogP contribution in [0.4, 0.5) is 8.78 Å². The molecule has 0 heterocycles. The molecule has 0 unspecified atom stereocenters. The summed E-state index contributed by atoms with van der Waals surface area (Å²) in [5, 5.41) is 0. The molecule has 2 aliphatic carbocycles. The molecular formula is C31H40F2O. The highest BCUT2D eigenvalue weighted by molar-refractivity contribution is 5.33. The Morgan fingerprint density at radius 1 is 0.824 bits per heavy atom. The van der Waals surface area contributed by atoms with Crippen molar-refractivity contribution < 1.29 is 13.5 Å². The van der Waals surface area contributed by atoms with Crippen molar-refractivity contribution in [1.29, 1.82) is 0 Å². The molecule has 184 valence electrons. The molecule has 1 nitrogen and oxygen atoms in total. The molecule has 2 aromatic rings. The van der Waals surface area contributed by atoms with Crippen molar-refractivity contribution in [3.63, 3.8) is 0 Å². The molecule has 0 atom stereocenters. The minimum atomic E-state index is -0.827. The van der Waals surface area contributed by atoms with Crippen LogP contribution in [0.3, 0.4) is 0 Å². The van der Waals surface area contributed by atoms with Crippen molar-refractivity contribution in [2.45, 2.75) is 84.0 Å². The Balaban J connectivity index is 1.20. The van der Waals surface area contributed by atoms with Gasteiger partial charge in [0, 0.05) is 0 Å². The summed E-state index contributed by atoms with van der Waals surface area (Å²) in [5.41, 5.74) is 3.28. The fraction of sp³-hybridized carbons (Fsp3) is 0.548. The highest BCUT2D eigenvalue weighted by Gasteiger charge is 2.32. The van der Waals surface area contributed by atoms with E-state index in [9.17, 15) is 8.78 Å². The fourth-order valence-corrected chi connectivity index (χ4v) is 6.13. The van der Waals surface area contributed by atoms with E-state index >= 15 is 0 Å². The number of aryl methyl sites for hydroxylation is 2. The molecule has 2 aliphatic rings. The SMILES string of the molecule is CCOc1ccc(C2CCC(C3CCC(C=CCCc4ccc(C)cc4)CC3)CC2)c(F)c1F. The summed E-state index contributed by atoms with van der Waals surface area (Å²) in [7, 11) is 0. The monoisotopic (exact) mass is 466 g/mol. The minimum absolute atomic E-state index is 0.0263. The van der Waals surface area contributed by atoms with Crippen molar-refractivity contribution in [2.24, 2.45) is 17.8 Å². The van der Waals surface area contributed by atoms with E-state index in [1.54, 1.807) is 19.1 Å². The summed E-state index contributed by atoms with van der Waals surface area (Å²) in [6.45, 7) is 4.25. The van der Waals surface area contributed by atoms with Crippen LogP contribution in [0.2, 0.25) is 0 Å². The number of ether oxygens (including phenoxy) is 1. The van der Waals surface area contributed by atoms with Gasteiger partial charge in [0.15, 0.2) is 11.6 Å². The van der Waals surface area contributed by atoms with E-state index in [0.29, 0.717) is 12.2 Å². The fourth-order valence-electron chi connectivity index (χ4n) is 6.13. The molecule has 2 aromatic carbocycles. The maximum atomic E-state index is 14.6. The summed E-state index contributed by atoms with van der Waals surface area (Å²) < 4.78 is 34.2. The molecule has 0 bridgehead atoms. The summed E-state index contributed by atoms with van der Waals surface area (Å²) in [6, 6.07) is 12.2. The van der Waals surface area contributed by atoms with Gasteiger partial charge in [-0.25, -0.2) is 4.39 Å². The molecule has 0 saturated heterocycles. The standard InChI is InChI=1S/C31H40F2O/c1-3-34-29-21-20-28(30(32)31(29)33)27-18-16-26(17-19-27)25-14-12-24(13-15-25)7-5-4-6-23-10-8-22(2)9-11-23/h5,7-11,20-21,24-27H,3-4,6,12-19H2,1-2H3. The zero-order valence-corrected chi connectivity index (χ0v) is 20.9. The maximum absolute atomic E-state index is 14.6. The smallest absolute Gasteiger partial charge is 0.200 e. The molecule has 3 heteroatoms. The molecule has 0 aliphatic heterocycles. The van der Waals surface area contributed by atoms with Crippen molar-refractivity contribution in [3.8, 4) is 5.75 Å². The third-order valence-electron chi connectivity index (χ3n) is 8.20. The van der Waals surface area contributed by atoms with Crippen LogP contribution < -0.4 is 4.74 Å². The summed E-state index contributed by atoms with van der Waals surface area (Å²) in [5.74, 6) is 0.910. The molecule has 0 N–H and O–H groups in total. The van der Waals surface area contributed by atoms with E-state index in [1.165, 1.54) is 36.8 Å². The van der Waals surface area contributed by atoms with Crippen LogP contribution in [0.1, 0.15) is 87.3 Å². The first-order valence-corrected chi connectivity index (χ1v) is 13.4. The molecular weight excluding hydrogens is 426 g/mol. The Labute approximate surface area is 204 Å². The Morgan fingerprint density at radius 2 is 1.47 bits per heavy atom. The zero-order chi connectivity index (χ0) is 23.9. The first-order valence-electron chi connectivity index (χ1n) is 13.4. The van der Waals surface area contributed by atoms with Gasteiger partial charge in [-0.3, -0.25) is 0 Å². The second-order valence-corrected chi connectivity index (χ2v) is 10.5. The predicted octanol–water partition coefficient (Wildman–Crippen LogP) is 8.94. The van der Waals surface area contributed by atoms with Gasteiger partial charge in [-0.2, -0.15) is 4.39 Å². The Hall–Kier alpha value is -2.16. The van der Waals surface area contributed by atoms with Crippen LogP contribution in [0.25, 0.3) is 0 Å². The van der Waals surface area contributed by atoms with E-state index in [1.807, 2.05) is 0 Å². The number of allylic oxidation sites excluding steroid dienone is 2. The number of halogens is 2. The van der Waals surface area contributed by atoms with E-state index in [0.717, 1.165) is 56.3 Å². The van der Waals surface area contributed by atoms with Crippen LogP contribution in [0.15, 0.2) is 48.6 Å².